The molecule has 0 amide bonds. The van der Waals surface area contributed by atoms with Gasteiger partial charge in [-0.2, -0.15) is 5.10 Å². The number of hydrogen-bond donors (Lipinski definition) is 0. The van der Waals surface area contributed by atoms with E-state index in [0.29, 0.717) is 6.42 Å². The molecule has 0 fully saturated rings. The Kier molecular flexibility index (Phi) is 4.23. The zero-order chi connectivity index (χ0) is 14.7. The fourth-order valence-electron chi connectivity index (χ4n) is 2.20. The molecule has 0 unspecified atom stereocenters. The third-order valence-electron chi connectivity index (χ3n) is 3.33. The summed E-state index contributed by atoms with van der Waals surface area (Å²) in [5.74, 6) is 0.0484. The van der Waals surface area contributed by atoms with E-state index in [0.717, 1.165) is 17.8 Å². The van der Waals surface area contributed by atoms with Gasteiger partial charge in [0.15, 0.2) is 0 Å². The number of hydrogen-bond acceptors (Lipinski definition) is 3. The molecular weight excluding hydrogens is 250 g/mol. The Hall–Kier alpha value is -2.10. The van der Waals surface area contributed by atoms with Gasteiger partial charge in [0.1, 0.15) is 0 Å². The Labute approximate surface area is 120 Å². The molecule has 0 saturated carbocycles. The SMILES string of the molecule is Cc1cc(C)n(C(=O)CCc2ccc(N(C)C)cc2)n1. The molecule has 0 radical (unpaired) electrons. The van der Waals surface area contributed by atoms with Crippen molar-refractivity contribution in [3.63, 3.8) is 0 Å². The molecule has 0 bridgehead atoms. The van der Waals surface area contributed by atoms with E-state index < -0.39 is 0 Å². The van der Waals surface area contributed by atoms with E-state index in [1.807, 2.05) is 34.0 Å². The second kappa shape index (κ2) is 5.90. The molecular formula is C16H21N3O. The Bertz CT molecular complexity index is 597. The fourth-order valence-corrected chi connectivity index (χ4v) is 2.20. The summed E-state index contributed by atoms with van der Waals surface area (Å²) >= 11 is 0. The summed E-state index contributed by atoms with van der Waals surface area (Å²) in [6, 6.07) is 10.2. The summed E-state index contributed by atoms with van der Waals surface area (Å²) in [5, 5.41) is 4.22. The van der Waals surface area contributed by atoms with Crippen LogP contribution in [0.15, 0.2) is 30.3 Å². The van der Waals surface area contributed by atoms with Gasteiger partial charge in [-0.25, -0.2) is 4.68 Å². The number of aromatic nitrogens is 2. The molecule has 1 aromatic carbocycles. The van der Waals surface area contributed by atoms with Crippen molar-refractivity contribution in [1.82, 2.24) is 9.78 Å². The molecule has 1 heterocycles. The molecule has 0 atom stereocenters. The highest BCUT2D eigenvalue weighted by molar-refractivity contribution is 5.79. The van der Waals surface area contributed by atoms with Crippen molar-refractivity contribution >= 4 is 11.6 Å². The van der Waals surface area contributed by atoms with Crippen molar-refractivity contribution < 1.29 is 4.79 Å². The minimum atomic E-state index is 0.0484. The van der Waals surface area contributed by atoms with Crippen LogP contribution in [-0.4, -0.2) is 29.8 Å². The van der Waals surface area contributed by atoms with Crippen molar-refractivity contribution in [2.75, 3.05) is 19.0 Å². The molecule has 106 valence electrons. The maximum Gasteiger partial charge on any atom is 0.247 e. The van der Waals surface area contributed by atoms with E-state index in [9.17, 15) is 4.79 Å². The fraction of sp³-hybridized carbons (Fsp3) is 0.375. The van der Waals surface area contributed by atoms with E-state index in [2.05, 4.69) is 34.3 Å². The minimum absolute atomic E-state index is 0.0484. The monoisotopic (exact) mass is 271 g/mol. The predicted octanol–water partition coefficient (Wildman–Crippen LogP) is 2.84. The Morgan fingerprint density at radius 1 is 1.20 bits per heavy atom. The van der Waals surface area contributed by atoms with E-state index in [4.69, 9.17) is 0 Å². The second-order valence-corrected chi connectivity index (χ2v) is 5.29. The Morgan fingerprint density at radius 3 is 2.35 bits per heavy atom. The largest absolute Gasteiger partial charge is 0.378 e. The van der Waals surface area contributed by atoms with Gasteiger partial charge in [-0.1, -0.05) is 12.1 Å². The number of nitrogens with zero attached hydrogens (tertiary/aromatic N) is 3. The maximum atomic E-state index is 12.1. The molecule has 1 aromatic heterocycles. The first kappa shape index (κ1) is 14.3. The van der Waals surface area contributed by atoms with Crippen LogP contribution in [0.1, 0.15) is 28.2 Å². The third-order valence-corrected chi connectivity index (χ3v) is 3.33. The number of benzene rings is 1. The molecule has 2 rings (SSSR count). The number of rotatable bonds is 4. The summed E-state index contributed by atoms with van der Waals surface area (Å²) in [5.41, 5.74) is 4.12. The molecule has 2 aromatic rings. The van der Waals surface area contributed by atoms with Crippen LogP contribution in [0.2, 0.25) is 0 Å². The van der Waals surface area contributed by atoms with Crippen molar-refractivity contribution in [3.8, 4) is 0 Å². The molecule has 0 aliphatic carbocycles. The third kappa shape index (κ3) is 3.26. The summed E-state index contributed by atoms with van der Waals surface area (Å²) in [4.78, 5) is 14.2. The summed E-state index contributed by atoms with van der Waals surface area (Å²) in [7, 11) is 4.03. The number of anilines is 1. The highest BCUT2D eigenvalue weighted by atomic mass is 16.2. The van der Waals surface area contributed by atoms with Gasteiger partial charge in [-0.05, 0) is 44.0 Å². The van der Waals surface area contributed by atoms with Gasteiger partial charge in [0.05, 0.1) is 5.69 Å². The average molecular weight is 271 g/mol. The van der Waals surface area contributed by atoms with Gasteiger partial charge < -0.3 is 4.90 Å². The van der Waals surface area contributed by atoms with Crippen molar-refractivity contribution in [1.29, 1.82) is 0 Å². The van der Waals surface area contributed by atoms with Crippen LogP contribution < -0.4 is 4.90 Å². The van der Waals surface area contributed by atoms with Gasteiger partial charge in [-0.3, -0.25) is 4.79 Å². The highest BCUT2D eigenvalue weighted by Crippen LogP contribution is 2.14. The van der Waals surface area contributed by atoms with Gasteiger partial charge in [0.2, 0.25) is 5.91 Å². The quantitative estimate of drug-likeness (QED) is 0.858. The number of aryl methyl sites for hydroxylation is 3. The van der Waals surface area contributed by atoms with Crippen molar-refractivity contribution in [2.45, 2.75) is 26.7 Å². The zero-order valence-electron chi connectivity index (χ0n) is 12.6. The van der Waals surface area contributed by atoms with E-state index >= 15 is 0 Å². The molecule has 20 heavy (non-hydrogen) atoms. The first-order valence-corrected chi connectivity index (χ1v) is 6.80. The van der Waals surface area contributed by atoms with Gasteiger partial charge >= 0.3 is 0 Å². The van der Waals surface area contributed by atoms with E-state index in [-0.39, 0.29) is 5.91 Å². The topological polar surface area (TPSA) is 38.1 Å². The van der Waals surface area contributed by atoms with Crippen LogP contribution in [0.25, 0.3) is 0 Å². The summed E-state index contributed by atoms with van der Waals surface area (Å²) < 4.78 is 1.50. The Morgan fingerprint density at radius 2 is 1.85 bits per heavy atom. The summed E-state index contributed by atoms with van der Waals surface area (Å²) in [6.45, 7) is 3.81. The molecule has 0 aliphatic rings. The lowest BCUT2D eigenvalue weighted by Crippen LogP contribution is -2.14. The number of carbonyl (C=O) groups excluding carboxylic acids is 1. The standard InChI is InChI=1S/C16H21N3O/c1-12-11-13(2)19(17-12)16(20)10-7-14-5-8-15(9-6-14)18(3)4/h5-6,8-9,11H,7,10H2,1-4H3. The molecule has 0 saturated heterocycles. The van der Waals surface area contributed by atoms with Crippen LogP contribution in [0, 0.1) is 13.8 Å². The minimum Gasteiger partial charge on any atom is -0.378 e. The van der Waals surface area contributed by atoms with Crippen molar-refractivity contribution in [3.05, 3.63) is 47.3 Å². The lowest BCUT2D eigenvalue weighted by Gasteiger charge is -2.12. The van der Waals surface area contributed by atoms with Crippen molar-refractivity contribution in [2.24, 2.45) is 0 Å². The molecule has 0 aliphatic heterocycles. The molecule has 0 spiro atoms. The van der Waals surface area contributed by atoms with E-state index in [1.54, 1.807) is 0 Å². The average Bonchev–Trinajstić information content (AvgIpc) is 2.75. The second-order valence-electron chi connectivity index (χ2n) is 5.29. The highest BCUT2D eigenvalue weighted by Gasteiger charge is 2.10. The van der Waals surface area contributed by atoms with Crippen LogP contribution in [0.4, 0.5) is 5.69 Å². The molecule has 4 heteroatoms. The van der Waals surface area contributed by atoms with Crippen LogP contribution >= 0.6 is 0 Å². The van der Waals surface area contributed by atoms with Gasteiger partial charge in [0, 0.05) is 31.9 Å². The van der Waals surface area contributed by atoms with Gasteiger partial charge in [-0.15, -0.1) is 0 Å². The Balaban J connectivity index is 1.98. The summed E-state index contributed by atoms with van der Waals surface area (Å²) in [6.07, 6.45) is 1.22. The maximum absolute atomic E-state index is 12.1. The molecule has 0 N–H and O–H groups in total. The smallest absolute Gasteiger partial charge is 0.247 e. The molecule has 4 nitrogen and oxygen atoms in total. The predicted molar refractivity (Wildman–Crippen MR) is 81.4 cm³/mol. The van der Waals surface area contributed by atoms with E-state index in [1.165, 1.54) is 15.9 Å². The zero-order valence-corrected chi connectivity index (χ0v) is 12.6. The lowest BCUT2D eigenvalue weighted by molar-refractivity contribution is 0.0884. The first-order chi connectivity index (χ1) is 9.47. The normalized spacial score (nSPS) is 10.6. The first-order valence-electron chi connectivity index (χ1n) is 6.80. The lowest BCUT2D eigenvalue weighted by atomic mass is 10.1. The number of carbonyl (C=O) groups is 1. The van der Waals surface area contributed by atoms with Gasteiger partial charge in [0.25, 0.3) is 0 Å². The van der Waals surface area contributed by atoms with Crippen LogP contribution in [0.3, 0.4) is 0 Å². The van der Waals surface area contributed by atoms with Crippen LogP contribution in [-0.2, 0) is 6.42 Å². The van der Waals surface area contributed by atoms with Crippen LogP contribution in [0.5, 0.6) is 0 Å².